The first kappa shape index (κ1) is 18.0. The summed E-state index contributed by atoms with van der Waals surface area (Å²) in [6.45, 7) is 0. The number of rotatable bonds is 4. The molecule has 0 fully saturated rings. The number of hydrogen-bond acceptors (Lipinski definition) is 6. The first-order chi connectivity index (χ1) is 12.2. The van der Waals surface area contributed by atoms with Crippen molar-refractivity contribution in [2.45, 2.75) is 19.6 Å². The lowest BCUT2D eigenvalue weighted by atomic mass is 10.3. The lowest BCUT2D eigenvalue weighted by Crippen LogP contribution is -2.05. The summed E-state index contributed by atoms with van der Waals surface area (Å²) < 4.78 is 50.6. The molecule has 0 radical (unpaired) electrons. The zero-order valence-electron chi connectivity index (χ0n) is 13.5. The van der Waals surface area contributed by atoms with Gasteiger partial charge < -0.3 is 11.5 Å². The lowest BCUT2D eigenvalue weighted by Gasteiger charge is -2.08. The fourth-order valence-electron chi connectivity index (χ4n) is 2.43. The van der Waals surface area contributed by atoms with E-state index >= 15 is 0 Å². The molecular weight excluding hydrogens is 372 g/mol. The van der Waals surface area contributed by atoms with Crippen molar-refractivity contribution in [3.8, 4) is 0 Å². The van der Waals surface area contributed by atoms with E-state index in [0.29, 0.717) is 11.4 Å². The van der Waals surface area contributed by atoms with Gasteiger partial charge in [0.1, 0.15) is 0 Å². The van der Waals surface area contributed by atoms with Crippen LogP contribution in [-0.4, -0.2) is 16.8 Å². The van der Waals surface area contributed by atoms with Crippen LogP contribution in [0.15, 0.2) is 92.4 Å². The molecule has 3 rings (SSSR count). The molecule has 0 aliphatic rings. The zero-order chi connectivity index (χ0) is 18.9. The monoisotopic (exact) mass is 388 g/mol. The van der Waals surface area contributed by atoms with E-state index in [1.165, 1.54) is 48.5 Å². The van der Waals surface area contributed by atoms with Crippen LogP contribution in [-0.2, 0) is 19.7 Å². The van der Waals surface area contributed by atoms with Gasteiger partial charge in [-0.1, -0.05) is 12.1 Å². The summed E-state index contributed by atoms with van der Waals surface area (Å²) in [6.07, 6.45) is 0. The highest BCUT2D eigenvalue weighted by Crippen LogP contribution is 2.26. The molecular formula is C18H16N2O4S2. The fourth-order valence-corrected chi connectivity index (χ4v) is 5.06. The van der Waals surface area contributed by atoms with Gasteiger partial charge in [-0.2, -0.15) is 0 Å². The van der Waals surface area contributed by atoms with Crippen molar-refractivity contribution in [3.63, 3.8) is 0 Å². The predicted octanol–water partition coefficient (Wildman–Crippen LogP) is 2.52. The van der Waals surface area contributed by atoms with Crippen LogP contribution in [0.5, 0.6) is 0 Å². The van der Waals surface area contributed by atoms with Crippen molar-refractivity contribution in [2.24, 2.45) is 0 Å². The highest BCUT2D eigenvalue weighted by molar-refractivity contribution is 7.92. The molecule has 8 heteroatoms. The van der Waals surface area contributed by atoms with E-state index < -0.39 is 19.7 Å². The molecule has 0 spiro atoms. The Hall–Kier alpha value is -2.84. The first-order valence-corrected chi connectivity index (χ1v) is 10.5. The molecule has 0 unspecified atom stereocenters. The van der Waals surface area contributed by atoms with Gasteiger partial charge in [0.2, 0.25) is 19.7 Å². The maximum atomic E-state index is 12.6. The fraction of sp³-hybridized carbons (Fsp3) is 0. The molecule has 6 nitrogen and oxygen atoms in total. The first-order valence-electron chi connectivity index (χ1n) is 7.52. The Morgan fingerprint density at radius 1 is 0.500 bits per heavy atom. The molecule has 3 aromatic carbocycles. The van der Waals surface area contributed by atoms with Gasteiger partial charge in [0, 0.05) is 11.4 Å². The number of nitrogen functional groups attached to an aromatic ring is 2. The minimum atomic E-state index is -3.79. The summed E-state index contributed by atoms with van der Waals surface area (Å²) in [6, 6.07) is 16.9. The average Bonchev–Trinajstić information content (AvgIpc) is 2.62. The molecule has 4 N–H and O–H groups in total. The Labute approximate surface area is 151 Å². The number of nitrogens with two attached hydrogens (primary N) is 2. The van der Waals surface area contributed by atoms with Crippen LogP contribution in [0.25, 0.3) is 0 Å². The van der Waals surface area contributed by atoms with Gasteiger partial charge >= 0.3 is 0 Å². The molecule has 3 aromatic rings. The quantitative estimate of drug-likeness (QED) is 0.663. The Balaban J connectivity index is 2.01. The second-order valence-corrected chi connectivity index (χ2v) is 9.52. The second kappa shape index (κ2) is 6.47. The zero-order valence-corrected chi connectivity index (χ0v) is 15.2. The van der Waals surface area contributed by atoms with E-state index in [4.69, 9.17) is 11.5 Å². The SMILES string of the molecule is Nc1cccc(S(=O)(=O)c2ccc(S(=O)(=O)c3cccc(N)c3)cc2)c1. The average molecular weight is 388 g/mol. The van der Waals surface area contributed by atoms with Crippen molar-refractivity contribution in [3.05, 3.63) is 72.8 Å². The van der Waals surface area contributed by atoms with Gasteiger partial charge in [-0.15, -0.1) is 0 Å². The van der Waals surface area contributed by atoms with Gasteiger partial charge in [0.15, 0.2) is 0 Å². The van der Waals surface area contributed by atoms with Crippen LogP contribution in [0.2, 0.25) is 0 Å². The van der Waals surface area contributed by atoms with E-state index in [-0.39, 0.29) is 19.6 Å². The van der Waals surface area contributed by atoms with Gasteiger partial charge in [-0.05, 0) is 60.7 Å². The maximum absolute atomic E-state index is 12.6. The summed E-state index contributed by atoms with van der Waals surface area (Å²) in [7, 11) is -7.58. The summed E-state index contributed by atoms with van der Waals surface area (Å²) in [5, 5.41) is 0. The Kier molecular flexibility index (Phi) is 4.47. The molecule has 0 amide bonds. The minimum absolute atomic E-state index is 0.0189. The van der Waals surface area contributed by atoms with Crippen LogP contribution in [0.3, 0.4) is 0 Å². The summed E-state index contributed by atoms with van der Waals surface area (Å²) >= 11 is 0. The van der Waals surface area contributed by atoms with Gasteiger partial charge in [0.05, 0.1) is 19.6 Å². The van der Waals surface area contributed by atoms with E-state index in [2.05, 4.69) is 0 Å². The predicted molar refractivity (Wildman–Crippen MR) is 99.1 cm³/mol. The van der Waals surface area contributed by atoms with Crippen LogP contribution in [0, 0.1) is 0 Å². The molecule has 0 saturated heterocycles. The molecule has 0 atom stereocenters. The summed E-state index contributed by atoms with van der Waals surface area (Å²) in [4.78, 5) is 0.0529. The maximum Gasteiger partial charge on any atom is 0.206 e. The number of hydrogen-bond donors (Lipinski definition) is 2. The Morgan fingerprint density at radius 2 is 0.846 bits per heavy atom. The largest absolute Gasteiger partial charge is 0.399 e. The van der Waals surface area contributed by atoms with Gasteiger partial charge in [0.25, 0.3) is 0 Å². The third-order valence-corrected chi connectivity index (χ3v) is 7.32. The highest BCUT2D eigenvalue weighted by Gasteiger charge is 2.21. The van der Waals surface area contributed by atoms with Crippen LogP contribution in [0.4, 0.5) is 11.4 Å². The molecule has 0 bridgehead atoms. The highest BCUT2D eigenvalue weighted by atomic mass is 32.2. The molecule has 0 aliphatic heterocycles. The molecule has 134 valence electrons. The van der Waals surface area contributed by atoms with E-state index in [9.17, 15) is 16.8 Å². The van der Waals surface area contributed by atoms with E-state index in [1.54, 1.807) is 24.3 Å². The van der Waals surface area contributed by atoms with Gasteiger partial charge in [-0.25, -0.2) is 16.8 Å². The number of benzene rings is 3. The van der Waals surface area contributed by atoms with Crippen molar-refractivity contribution < 1.29 is 16.8 Å². The Morgan fingerprint density at radius 3 is 1.15 bits per heavy atom. The molecule has 26 heavy (non-hydrogen) atoms. The standard InChI is InChI=1S/C18H16N2O4S2/c19-13-3-1-5-17(11-13)25(21,22)15-7-9-16(10-8-15)26(23,24)18-6-2-4-14(20)12-18/h1-12H,19-20H2. The van der Waals surface area contributed by atoms with Crippen molar-refractivity contribution in [1.29, 1.82) is 0 Å². The minimum Gasteiger partial charge on any atom is -0.399 e. The van der Waals surface area contributed by atoms with Crippen molar-refractivity contribution >= 4 is 31.0 Å². The smallest absolute Gasteiger partial charge is 0.206 e. The van der Waals surface area contributed by atoms with Crippen LogP contribution in [0.1, 0.15) is 0 Å². The number of anilines is 2. The number of sulfone groups is 2. The van der Waals surface area contributed by atoms with Crippen LogP contribution >= 0.6 is 0 Å². The molecule has 0 aromatic heterocycles. The molecule has 0 saturated carbocycles. The third-order valence-electron chi connectivity index (χ3n) is 3.78. The lowest BCUT2D eigenvalue weighted by molar-refractivity contribution is 0.592. The third kappa shape index (κ3) is 3.29. The topological polar surface area (TPSA) is 120 Å². The van der Waals surface area contributed by atoms with Crippen LogP contribution < -0.4 is 11.5 Å². The van der Waals surface area contributed by atoms with Crippen molar-refractivity contribution in [1.82, 2.24) is 0 Å². The normalized spacial score (nSPS) is 12.0. The molecule has 0 aliphatic carbocycles. The van der Waals surface area contributed by atoms with Crippen molar-refractivity contribution in [2.75, 3.05) is 11.5 Å². The Bertz CT molecular complexity index is 1080. The summed E-state index contributed by atoms with van der Waals surface area (Å²) in [5.41, 5.74) is 11.9. The van der Waals surface area contributed by atoms with E-state index in [1.807, 2.05) is 0 Å². The summed E-state index contributed by atoms with van der Waals surface area (Å²) in [5.74, 6) is 0. The van der Waals surface area contributed by atoms with Gasteiger partial charge in [-0.3, -0.25) is 0 Å². The van der Waals surface area contributed by atoms with E-state index in [0.717, 1.165) is 0 Å². The molecule has 0 heterocycles. The second-order valence-electron chi connectivity index (χ2n) is 5.62.